The number of hydrogen-bond donors (Lipinski definition) is 0. The lowest BCUT2D eigenvalue weighted by Crippen LogP contribution is -2.28. The molecule has 3 unspecified atom stereocenters. The third-order valence-electron chi connectivity index (χ3n) is 19.0. The highest BCUT2D eigenvalue weighted by atomic mass is 32.1. The minimum absolute atomic E-state index is 0.0344. The number of ketones is 5. The summed E-state index contributed by atoms with van der Waals surface area (Å²) in [5.41, 5.74) is 12.1. The van der Waals surface area contributed by atoms with Crippen LogP contribution >= 0.6 is 11.3 Å². The summed E-state index contributed by atoms with van der Waals surface area (Å²) in [6.07, 6.45) is 18.0. The molecule has 0 aromatic carbocycles. The van der Waals surface area contributed by atoms with Crippen LogP contribution in [0.4, 0.5) is 0 Å². The Bertz CT molecular complexity index is 4610. The molecule has 0 amide bonds. The summed E-state index contributed by atoms with van der Waals surface area (Å²) >= 11 is 1.50. The average molecular weight is 1610 g/mol. The maximum atomic E-state index is 12.5. The highest BCUT2D eigenvalue weighted by Crippen LogP contribution is 2.27. The van der Waals surface area contributed by atoms with Crippen molar-refractivity contribution in [3.63, 3.8) is 0 Å². The normalized spacial score (nSPS) is 16.7. The first-order valence-electron chi connectivity index (χ1n) is 40.1. The molecule has 0 saturated carbocycles. The van der Waals surface area contributed by atoms with Gasteiger partial charge in [0.1, 0.15) is 92.7 Å². The second-order valence-electron chi connectivity index (χ2n) is 29.6. The second-order valence-corrected chi connectivity index (χ2v) is 30.5. The number of nitrogens with zero attached hydrogens (tertiary/aromatic N) is 10. The Labute approximate surface area is 687 Å². The van der Waals surface area contributed by atoms with Crippen molar-refractivity contribution in [2.24, 2.45) is 0 Å². The molecule has 5 aliphatic rings. The highest BCUT2D eigenvalue weighted by molar-refractivity contribution is 7.09. The van der Waals surface area contributed by atoms with E-state index in [0.717, 1.165) is 184 Å². The highest BCUT2D eigenvalue weighted by Gasteiger charge is 2.25. The lowest BCUT2D eigenvalue weighted by Gasteiger charge is -2.23. The molecule has 10 aromatic heterocycles. The van der Waals surface area contributed by atoms with Gasteiger partial charge in [-0.1, -0.05) is 24.3 Å². The van der Waals surface area contributed by atoms with Crippen LogP contribution in [-0.4, -0.2) is 175 Å². The molecular formula is C91H104N10O15S. The van der Waals surface area contributed by atoms with E-state index in [1.54, 1.807) is 55.1 Å². The first-order valence-corrected chi connectivity index (χ1v) is 40.9. The van der Waals surface area contributed by atoms with Gasteiger partial charge in [-0.25, -0.2) is 29.9 Å². The van der Waals surface area contributed by atoms with E-state index in [-0.39, 0.29) is 91.5 Å². The SMILES string of the molecule is Cc1cc(OC2CCCOC2)cc(C(=O)Cc2ccccn2)n1.Cc1cc(OC2CCCOC2)cc(C(=O)Cc2nc(C)cs2)n1.Cc1cc(OC2CCOCC2)cc(C(=O)Cc2ccccn2)n1.Cc1ccc(CC(=O)c2cc(OC3CCCOC3)cc(C)n2)nc1.Cc1ccc(CC(=O)c2cc(OC3CCOCC3)cc(C)n2)nc1. The number of aromatic nitrogens is 10. The van der Waals surface area contributed by atoms with Gasteiger partial charge in [-0.3, -0.25) is 43.9 Å². The number of thiazole rings is 1. The first-order chi connectivity index (χ1) is 56.7. The number of carbonyl (C=O) groups excluding carboxylic acids is 5. The molecule has 5 aliphatic heterocycles. The van der Waals surface area contributed by atoms with Crippen molar-refractivity contribution in [3.8, 4) is 28.7 Å². The predicted molar refractivity (Wildman–Crippen MR) is 441 cm³/mol. The molecule has 0 N–H and O–H groups in total. The van der Waals surface area contributed by atoms with Crippen LogP contribution in [0.15, 0.2) is 151 Å². The van der Waals surface area contributed by atoms with Gasteiger partial charge in [-0.05, 0) is 141 Å². The summed E-state index contributed by atoms with van der Waals surface area (Å²) < 4.78 is 56.8. The lowest BCUT2D eigenvalue weighted by molar-refractivity contribution is 0.00734. The molecular weight excluding hydrogens is 1510 g/mol. The van der Waals surface area contributed by atoms with Crippen LogP contribution in [0.1, 0.15) is 190 Å². The van der Waals surface area contributed by atoms with Crippen molar-refractivity contribution in [2.45, 2.75) is 182 Å². The van der Waals surface area contributed by atoms with Crippen LogP contribution in [0.25, 0.3) is 0 Å². The van der Waals surface area contributed by atoms with Gasteiger partial charge in [-0.15, -0.1) is 11.3 Å². The van der Waals surface area contributed by atoms with Crippen LogP contribution in [0.3, 0.4) is 0 Å². The topological polar surface area (TPSA) is 307 Å². The molecule has 5 fully saturated rings. The summed E-state index contributed by atoms with van der Waals surface area (Å²) in [6, 6.07) is 36.7. The number of aryl methyl sites for hydroxylation is 8. The molecule has 5 saturated heterocycles. The van der Waals surface area contributed by atoms with Crippen molar-refractivity contribution < 1.29 is 71.3 Å². The van der Waals surface area contributed by atoms with E-state index >= 15 is 0 Å². The minimum Gasteiger partial charge on any atom is -0.490 e. The Hall–Kier alpha value is -10.9. The molecule has 15 heterocycles. The number of ether oxygens (including phenoxy) is 10. The van der Waals surface area contributed by atoms with Crippen molar-refractivity contribution in [2.75, 3.05) is 66.1 Å². The van der Waals surface area contributed by atoms with Gasteiger partial charge in [0.25, 0.3) is 0 Å². The number of hydrogen-bond acceptors (Lipinski definition) is 26. The van der Waals surface area contributed by atoms with Gasteiger partial charge in [0.15, 0.2) is 28.9 Å². The Morgan fingerprint density at radius 1 is 0.325 bits per heavy atom. The fourth-order valence-corrected chi connectivity index (χ4v) is 13.9. The third-order valence-corrected chi connectivity index (χ3v) is 20.0. The second kappa shape index (κ2) is 45.0. The molecule has 0 aliphatic carbocycles. The number of Topliss-reactive ketones (excluding diaryl/α,β-unsaturated/α-hetero) is 5. The van der Waals surface area contributed by atoms with Crippen LogP contribution < -0.4 is 23.7 Å². The Morgan fingerprint density at radius 2 is 0.632 bits per heavy atom. The molecule has 25 nitrogen and oxygen atoms in total. The number of carbonyl (C=O) groups is 5. The quantitative estimate of drug-likeness (QED) is 0.0480. The monoisotopic (exact) mass is 1610 g/mol. The first kappa shape index (κ1) is 87.0. The maximum absolute atomic E-state index is 12.5. The van der Waals surface area contributed by atoms with E-state index in [4.69, 9.17) is 47.4 Å². The Balaban J connectivity index is 0.000000144. The van der Waals surface area contributed by atoms with Crippen molar-refractivity contribution in [3.05, 3.63) is 253 Å². The smallest absolute Gasteiger partial charge is 0.188 e. The van der Waals surface area contributed by atoms with Gasteiger partial charge in [0.2, 0.25) is 0 Å². The standard InChI is InChI=1S/2C19H22N2O3.2C18H20N2O3.C17H20N2O3S/c1-13-3-4-15(20-12-13)10-19(22)18-11-17(9-14(2)21-18)24-16-5-7-23-8-6-16;1-13-5-6-15(20-11-13)9-19(22)18-10-17(8-14(2)21-18)24-16-4-3-7-23-12-16;1-13-9-16(23-15-6-4-8-22-12-15)11-17(20-13)18(21)10-14-5-2-3-7-19-14;1-13-10-16(23-15-5-8-22-9-6-15)12-17(20-13)18(21)11-14-4-2-3-7-19-14;1-11-6-14(22-13-4-3-5-21-9-13)7-15(18-11)16(20)8-17-19-12(2)10-23-17/h3-4,9,11-12,16H,5-8,10H2,1-2H3;5-6,8,10-11,16H,3-4,7,9,12H2,1-2H3;2-3,5,7,9,11,15H,4,6,8,10,12H2,1H3;2-4,7,10,12,15H,5-6,8-9,11H2,1H3;6-7,10,13H,3-5,8-9H2,1-2H3. The fourth-order valence-electron chi connectivity index (χ4n) is 13.1. The van der Waals surface area contributed by atoms with Crippen LogP contribution in [0, 0.1) is 55.4 Å². The van der Waals surface area contributed by atoms with E-state index in [1.807, 2.05) is 152 Å². The summed E-state index contributed by atoms with van der Waals surface area (Å²) in [5.74, 6) is 3.20. The zero-order valence-corrected chi connectivity index (χ0v) is 68.8. The molecule has 10 aromatic rings. The maximum Gasteiger partial charge on any atom is 0.188 e. The fraction of sp³-hybridized carbons (Fsp3) is 0.418. The number of pyridine rings is 9. The molecule has 0 radical (unpaired) electrons. The largest absolute Gasteiger partial charge is 0.490 e. The van der Waals surface area contributed by atoms with Gasteiger partial charge >= 0.3 is 0 Å². The van der Waals surface area contributed by atoms with E-state index in [1.165, 1.54) is 11.3 Å². The predicted octanol–water partition coefficient (Wildman–Crippen LogP) is 14.8. The van der Waals surface area contributed by atoms with Crippen molar-refractivity contribution in [1.82, 2.24) is 49.8 Å². The summed E-state index contributed by atoms with van der Waals surface area (Å²) in [5, 5.41) is 2.77. The van der Waals surface area contributed by atoms with Crippen LogP contribution in [0.2, 0.25) is 0 Å². The van der Waals surface area contributed by atoms with Gasteiger partial charge in [0.05, 0.1) is 78.4 Å². The lowest BCUT2D eigenvalue weighted by atomic mass is 10.1. The van der Waals surface area contributed by atoms with E-state index in [2.05, 4.69) is 49.8 Å². The zero-order valence-electron chi connectivity index (χ0n) is 68.0. The molecule has 614 valence electrons. The molecule has 0 bridgehead atoms. The third kappa shape index (κ3) is 29.7. The molecule has 117 heavy (non-hydrogen) atoms. The summed E-state index contributed by atoms with van der Waals surface area (Å²) in [4.78, 5) is 105. The van der Waals surface area contributed by atoms with Crippen LogP contribution in [-0.2, 0) is 55.8 Å². The van der Waals surface area contributed by atoms with Gasteiger partial charge in [0, 0.05) is 193 Å². The van der Waals surface area contributed by atoms with Gasteiger partial charge < -0.3 is 47.4 Å². The Morgan fingerprint density at radius 3 is 0.897 bits per heavy atom. The van der Waals surface area contributed by atoms with E-state index in [9.17, 15) is 24.0 Å². The van der Waals surface area contributed by atoms with Gasteiger partial charge in [-0.2, -0.15) is 0 Å². The minimum atomic E-state index is -0.0582. The van der Waals surface area contributed by atoms with E-state index in [0.29, 0.717) is 77.0 Å². The molecule has 15 rings (SSSR count). The zero-order chi connectivity index (χ0) is 82.3. The molecule has 26 heteroatoms. The number of rotatable bonds is 25. The summed E-state index contributed by atoms with van der Waals surface area (Å²) in [7, 11) is 0. The summed E-state index contributed by atoms with van der Waals surface area (Å²) in [6.45, 7) is 22.3. The van der Waals surface area contributed by atoms with Crippen molar-refractivity contribution in [1.29, 1.82) is 0 Å². The molecule has 3 atom stereocenters. The van der Waals surface area contributed by atoms with Crippen LogP contribution in [0.5, 0.6) is 28.7 Å². The molecule has 0 spiro atoms. The van der Waals surface area contributed by atoms with Crippen molar-refractivity contribution >= 4 is 40.3 Å². The van der Waals surface area contributed by atoms with E-state index < -0.39 is 0 Å². The Kier molecular flexibility index (Phi) is 33.5. The average Bonchev–Trinajstić information content (AvgIpc) is 1.45.